The molecule has 144 valence electrons. The van der Waals surface area contributed by atoms with Crippen LogP contribution >= 0.6 is 11.3 Å². The lowest BCUT2D eigenvalue weighted by Crippen LogP contribution is -2.43. The third kappa shape index (κ3) is 3.25. The van der Waals surface area contributed by atoms with Gasteiger partial charge in [0.15, 0.2) is 0 Å². The molecule has 4 rings (SSSR count). The Bertz CT molecular complexity index is 870. The van der Waals surface area contributed by atoms with Gasteiger partial charge in [0.2, 0.25) is 0 Å². The molecule has 2 aromatic heterocycles. The van der Waals surface area contributed by atoms with E-state index in [1.54, 1.807) is 6.92 Å². The molecular weight excluding hydrogens is 362 g/mol. The quantitative estimate of drug-likeness (QED) is 0.819. The summed E-state index contributed by atoms with van der Waals surface area (Å²) in [6.07, 6.45) is 6.76. The maximum Gasteiger partial charge on any atom is 0.325 e. The molecule has 1 atom stereocenters. The maximum absolute atomic E-state index is 12.9. The number of thiophene rings is 1. The Morgan fingerprint density at radius 3 is 2.93 bits per heavy atom. The Morgan fingerprint density at radius 2 is 2.11 bits per heavy atom. The molecule has 0 fully saturated rings. The van der Waals surface area contributed by atoms with Gasteiger partial charge < -0.3 is 19.5 Å². The zero-order valence-electron chi connectivity index (χ0n) is 15.8. The number of urea groups is 1. The molecule has 0 bridgehead atoms. The van der Waals surface area contributed by atoms with Crippen molar-refractivity contribution in [2.45, 2.75) is 52.1 Å². The van der Waals surface area contributed by atoms with Gasteiger partial charge in [-0.15, -0.1) is 11.3 Å². The van der Waals surface area contributed by atoms with Crippen molar-refractivity contribution in [1.29, 1.82) is 0 Å². The number of fused-ring (bicyclic) bond motifs is 5. The van der Waals surface area contributed by atoms with Gasteiger partial charge >= 0.3 is 12.0 Å². The average Bonchev–Trinajstić information content (AvgIpc) is 3.26. The summed E-state index contributed by atoms with van der Waals surface area (Å²) in [4.78, 5) is 27.8. The molecule has 0 saturated heterocycles. The number of nitrogens with one attached hydrogen (secondary N) is 1. The van der Waals surface area contributed by atoms with Crippen LogP contribution in [0.25, 0.3) is 5.00 Å². The smallest absolute Gasteiger partial charge is 0.325 e. The third-order valence-corrected chi connectivity index (χ3v) is 6.77. The number of aromatic nitrogens is 1. The first-order valence-corrected chi connectivity index (χ1v) is 10.4. The van der Waals surface area contributed by atoms with Crippen LogP contribution in [0, 0.1) is 0 Å². The van der Waals surface area contributed by atoms with Crippen LogP contribution in [-0.4, -0.2) is 34.6 Å². The summed E-state index contributed by atoms with van der Waals surface area (Å²) in [6.45, 7) is 4.57. The molecule has 1 unspecified atom stereocenters. The Hall–Kier alpha value is -2.28. The van der Waals surface area contributed by atoms with E-state index in [0.29, 0.717) is 13.2 Å². The fraction of sp³-hybridized carbons (Fsp3) is 0.500. The van der Waals surface area contributed by atoms with Crippen LogP contribution < -0.4 is 5.32 Å². The summed E-state index contributed by atoms with van der Waals surface area (Å²) in [5, 5.41) is 3.97. The maximum atomic E-state index is 12.9. The number of rotatable bonds is 3. The van der Waals surface area contributed by atoms with Crippen LogP contribution in [0.5, 0.6) is 0 Å². The first kappa shape index (κ1) is 18.1. The van der Waals surface area contributed by atoms with Crippen molar-refractivity contribution in [2.24, 2.45) is 0 Å². The number of hydrogen-bond acceptors (Lipinski definition) is 4. The number of amides is 2. The first-order chi connectivity index (χ1) is 13.1. The van der Waals surface area contributed by atoms with E-state index in [2.05, 4.69) is 22.1 Å². The van der Waals surface area contributed by atoms with Crippen molar-refractivity contribution < 1.29 is 14.3 Å². The number of aryl methyl sites for hydroxylation is 1. The van der Waals surface area contributed by atoms with E-state index in [-0.39, 0.29) is 18.6 Å². The van der Waals surface area contributed by atoms with Gasteiger partial charge in [0, 0.05) is 22.3 Å². The fourth-order valence-corrected chi connectivity index (χ4v) is 5.47. The number of hydrogen-bond donors (Lipinski definition) is 1. The predicted octanol–water partition coefficient (Wildman–Crippen LogP) is 3.57. The second kappa shape index (κ2) is 7.38. The number of carbonyl (C=O) groups excluding carboxylic acids is 2. The van der Waals surface area contributed by atoms with E-state index in [1.165, 1.54) is 33.8 Å². The van der Waals surface area contributed by atoms with Crippen molar-refractivity contribution in [3.63, 3.8) is 0 Å². The van der Waals surface area contributed by atoms with Gasteiger partial charge in [0.1, 0.15) is 11.5 Å². The van der Waals surface area contributed by atoms with Crippen molar-refractivity contribution in [1.82, 2.24) is 14.8 Å². The minimum atomic E-state index is -0.412. The van der Waals surface area contributed by atoms with E-state index >= 15 is 0 Å². The normalized spacial score (nSPS) is 18.1. The van der Waals surface area contributed by atoms with Crippen LogP contribution in [0.15, 0.2) is 18.3 Å². The van der Waals surface area contributed by atoms with Crippen LogP contribution in [0.2, 0.25) is 0 Å². The Kier molecular flexibility index (Phi) is 4.95. The van der Waals surface area contributed by atoms with Gasteiger partial charge in [-0.05, 0) is 57.2 Å². The van der Waals surface area contributed by atoms with Crippen LogP contribution in [-0.2, 0) is 28.9 Å². The minimum Gasteiger partial charge on any atom is -0.465 e. The molecule has 0 aromatic carbocycles. The summed E-state index contributed by atoms with van der Waals surface area (Å²) in [5.74, 6) is -0.412. The lowest BCUT2D eigenvalue weighted by Gasteiger charge is -2.28. The van der Waals surface area contributed by atoms with E-state index in [0.717, 1.165) is 18.5 Å². The van der Waals surface area contributed by atoms with Gasteiger partial charge in [-0.1, -0.05) is 0 Å². The van der Waals surface area contributed by atoms with E-state index in [1.807, 2.05) is 29.2 Å². The zero-order valence-corrected chi connectivity index (χ0v) is 16.6. The molecule has 0 spiro atoms. The van der Waals surface area contributed by atoms with Crippen molar-refractivity contribution >= 4 is 23.3 Å². The molecule has 3 heterocycles. The molecular formula is C20H25N3O3S. The molecule has 0 saturated carbocycles. The molecule has 2 amide bonds. The standard InChI is InChI=1S/C20H25N3O3S/c1-3-26-18(24)11-21-20(25)23-12-15-14-7-4-5-9-17(14)27-19(15)22-10-6-8-16(22)13(23)2/h6,8,10,13H,3-5,7,9,11-12H2,1-2H3,(H,21,25). The predicted molar refractivity (Wildman–Crippen MR) is 104 cm³/mol. The van der Waals surface area contributed by atoms with E-state index in [4.69, 9.17) is 4.74 Å². The SMILES string of the molecule is CCOC(=O)CNC(=O)N1Cc2c(sc3c2CCCC3)-n2cccc2C1C. The molecule has 27 heavy (non-hydrogen) atoms. The molecule has 2 aromatic rings. The highest BCUT2D eigenvalue weighted by atomic mass is 32.1. The van der Waals surface area contributed by atoms with Crippen LogP contribution in [0.1, 0.15) is 54.4 Å². The van der Waals surface area contributed by atoms with Crippen molar-refractivity contribution in [3.05, 3.63) is 40.0 Å². The van der Waals surface area contributed by atoms with Crippen LogP contribution in [0.3, 0.4) is 0 Å². The summed E-state index contributed by atoms with van der Waals surface area (Å²) in [6, 6.07) is 3.80. The summed E-state index contributed by atoms with van der Waals surface area (Å²) in [7, 11) is 0. The van der Waals surface area contributed by atoms with E-state index < -0.39 is 5.97 Å². The Balaban J connectivity index is 1.66. The molecule has 1 N–H and O–H groups in total. The summed E-state index contributed by atoms with van der Waals surface area (Å²) in [5.41, 5.74) is 3.79. The molecule has 2 aliphatic rings. The van der Waals surface area contributed by atoms with Gasteiger partial charge in [0.05, 0.1) is 19.2 Å². The highest BCUT2D eigenvalue weighted by molar-refractivity contribution is 7.15. The largest absolute Gasteiger partial charge is 0.465 e. The molecule has 7 heteroatoms. The molecule has 1 aliphatic heterocycles. The Morgan fingerprint density at radius 1 is 1.30 bits per heavy atom. The average molecular weight is 388 g/mol. The molecule has 1 aliphatic carbocycles. The summed E-state index contributed by atoms with van der Waals surface area (Å²) >= 11 is 1.87. The van der Waals surface area contributed by atoms with E-state index in [9.17, 15) is 9.59 Å². The Labute approximate surface area is 163 Å². The topological polar surface area (TPSA) is 63.6 Å². The van der Waals surface area contributed by atoms with Crippen LogP contribution in [0.4, 0.5) is 4.79 Å². The third-order valence-electron chi connectivity index (χ3n) is 5.43. The molecule has 6 nitrogen and oxygen atoms in total. The van der Waals surface area contributed by atoms with Gasteiger partial charge in [0.25, 0.3) is 0 Å². The summed E-state index contributed by atoms with van der Waals surface area (Å²) < 4.78 is 7.16. The highest BCUT2D eigenvalue weighted by Crippen LogP contribution is 2.42. The minimum absolute atomic E-state index is 0.0824. The van der Waals surface area contributed by atoms with Gasteiger partial charge in [-0.2, -0.15) is 0 Å². The lowest BCUT2D eigenvalue weighted by atomic mass is 9.95. The monoisotopic (exact) mass is 387 g/mol. The second-order valence-corrected chi connectivity index (χ2v) is 8.15. The number of nitrogens with zero attached hydrogens (tertiary/aromatic N) is 2. The highest BCUT2D eigenvalue weighted by Gasteiger charge is 2.33. The van der Waals surface area contributed by atoms with Gasteiger partial charge in [-0.3, -0.25) is 4.79 Å². The van der Waals surface area contributed by atoms with Gasteiger partial charge in [-0.25, -0.2) is 4.79 Å². The lowest BCUT2D eigenvalue weighted by molar-refractivity contribution is -0.141. The number of ether oxygens (including phenoxy) is 1. The second-order valence-electron chi connectivity index (χ2n) is 7.07. The van der Waals surface area contributed by atoms with Crippen molar-refractivity contribution in [2.75, 3.05) is 13.2 Å². The molecule has 0 radical (unpaired) electrons. The fourth-order valence-electron chi connectivity index (χ4n) is 4.07. The number of esters is 1. The first-order valence-electron chi connectivity index (χ1n) is 9.61. The van der Waals surface area contributed by atoms with Crippen molar-refractivity contribution in [3.8, 4) is 5.00 Å². The number of carbonyl (C=O) groups is 2. The zero-order chi connectivity index (χ0) is 19.0.